The number of rotatable bonds is 12. The topological polar surface area (TPSA) is 6.48 Å². The normalized spacial score (nSPS) is 24.7. The van der Waals surface area contributed by atoms with Gasteiger partial charge in [-0.2, -0.15) is 0 Å². The fourth-order valence-electron chi connectivity index (χ4n) is 19.2. The van der Waals surface area contributed by atoms with E-state index in [0.717, 1.165) is 47.3 Å². The molecule has 0 radical (unpaired) electrons. The molecule has 424 valence electrons. The van der Waals surface area contributed by atoms with Gasteiger partial charge in [-0.1, -0.05) is 180 Å². The second-order valence-corrected chi connectivity index (χ2v) is 28.1. The van der Waals surface area contributed by atoms with Crippen LogP contribution in [-0.2, 0) is 0 Å². The average molecular weight is 1120 g/mol. The van der Waals surface area contributed by atoms with Crippen LogP contribution in [0.3, 0.4) is 0 Å². The third-order valence-electron chi connectivity index (χ3n) is 22.6. The Balaban J connectivity index is 0.910. The lowest BCUT2D eigenvalue weighted by Gasteiger charge is -2.55. The van der Waals surface area contributed by atoms with Crippen LogP contribution in [-0.4, -0.2) is 0 Å². The van der Waals surface area contributed by atoms with Gasteiger partial charge in [-0.3, -0.25) is 0 Å². The Morgan fingerprint density at radius 2 is 0.512 bits per heavy atom. The van der Waals surface area contributed by atoms with Crippen molar-refractivity contribution in [2.24, 2.45) is 47.3 Å². The summed E-state index contributed by atoms with van der Waals surface area (Å²) in [7, 11) is 0. The number of aryl methyl sites for hydroxylation is 4. The first-order valence-electron chi connectivity index (χ1n) is 32.8. The lowest BCUT2D eigenvalue weighted by Crippen LogP contribution is -2.43. The molecular weight excluding hydrogens is 1040 g/mol. The molecule has 8 aliphatic carbocycles. The van der Waals surface area contributed by atoms with Gasteiger partial charge in [0.15, 0.2) is 0 Å². The van der Waals surface area contributed by atoms with E-state index in [1.165, 1.54) is 186 Å². The van der Waals surface area contributed by atoms with Gasteiger partial charge in [0.1, 0.15) is 0 Å². The zero-order valence-electron chi connectivity index (χ0n) is 50.5. The van der Waals surface area contributed by atoms with Crippen LogP contribution in [0.2, 0.25) is 0 Å². The highest BCUT2D eigenvalue weighted by Crippen LogP contribution is 2.64. The smallest absolute Gasteiger partial charge is 0.0540 e. The average Bonchev–Trinajstić information content (AvgIpc) is 0.705. The minimum absolute atomic E-state index is 0.568. The van der Waals surface area contributed by atoms with Crippen molar-refractivity contribution in [1.82, 2.24) is 0 Å². The number of fused-ring (bicyclic) bond motifs is 2. The molecule has 0 unspecified atom stereocenters. The maximum Gasteiger partial charge on any atom is 0.0540 e. The second kappa shape index (κ2) is 20.8. The lowest BCUT2D eigenvalue weighted by molar-refractivity contribution is -0.00237. The molecule has 0 spiro atoms. The van der Waals surface area contributed by atoms with Crippen LogP contribution in [0, 0.1) is 75.0 Å². The van der Waals surface area contributed by atoms with E-state index in [9.17, 15) is 0 Å². The van der Waals surface area contributed by atoms with Crippen LogP contribution in [0.5, 0.6) is 0 Å². The first kappa shape index (κ1) is 52.2. The number of anilines is 6. The summed E-state index contributed by atoms with van der Waals surface area (Å²) in [6, 6.07) is 75.6. The van der Waals surface area contributed by atoms with Gasteiger partial charge in [-0.05, 0) is 277 Å². The van der Waals surface area contributed by atoms with Crippen molar-refractivity contribution in [3.8, 4) is 0 Å². The van der Waals surface area contributed by atoms with E-state index in [1.54, 1.807) is 11.1 Å². The minimum Gasteiger partial charge on any atom is -0.310 e. The minimum atomic E-state index is 0.568. The van der Waals surface area contributed by atoms with E-state index in [4.69, 9.17) is 0 Å². The number of benzene rings is 11. The van der Waals surface area contributed by atoms with Gasteiger partial charge in [0, 0.05) is 33.5 Å². The van der Waals surface area contributed by atoms with E-state index in [-0.39, 0.29) is 0 Å². The van der Waals surface area contributed by atoms with Gasteiger partial charge in [0.25, 0.3) is 0 Å². The van der Waals surface area contributed by atoms with Gasteiger partial charge in [-0.15, -0.1) is 0 Å². The van der Waals surface area contributed by atoms with Crippen LogP contribution in [0.25, 0.3) is 67.4 Å². The molecule has 8 fully saturated rings. The molecule has 8 saturated carbocycles. The van der Waals surface area contributed by atoms with Crippen LogP contribution in [0.4, 0.5) is 34.1 Å². The van der Waals surface area contributed by atoms with Crippen molar-refractivity contribution in [3.05, 3.63) is 250 Å². The summed E-state index contributed by atoms with van der Waals surface area (Å²) in [5.74, 6) is 7.74. The zero-order chi connectivity index (χ0) is 57.3. The van der Waals surface area contributed by atoms with E-state index < -0.39 is 0 Å². The third-order valence-corrected chi connectivity index (χ3v) is 22.6. The van der Waals surface area contributed by atoms with E-state index in [0.29, 0.717) is 11.8 Å². The predicted octanol–water partition coefficient (Wildman–Crippen LogP) is 23.3. The molecule has 0 N–H and O–H groups in total. The fourth-order valence-corrected chi connectivity index (χ4v) is 19.2. The fraction of sp³-hybridized carbons (Fsp3) is 0.286. The summed E-state index contributed by atoms with van der Waals surface area (Å²) in [4.78, 5) is 5.14. The van der Waals surface area contributed by atoms with Crippen LogP contribution < -0.4 is 9.80 Å². The maximum atomic E-state index is 2.67. The number of hydrogen-bond donors (Lipinski definition) is 0. The molecule has 11 aromatic carbocycles. The van der Waals surface area contributed by atoms with Crippen LogP contribution in [0.1, 0.15) is 132 Å². The second-order valence-electron chi connectivity index (χ2n) is 28.1. The molecule has 86 heavy (non-hydrogen) atoms. The van der Waals surface area contributed by atoms with Crippen molar-refractivity contribution in [1.29, 1.82) is 0 Å². The Hall–Kier alpha value is -8.20. The summed E-state index contributed by atoms with van der Waals surface area (Å²) in [5, 5.41) is 11.6. The zero-order valence-corrected chi connectivity index (χ0v) is 50.5. The highest BCUT2D eigenvalue weighted by molar-refractivity contribution is 6.37. The van der Waals surface area contributed by atoms with E-state index in [1.807, 2.05) is 0 Å². The first-order valence-corrected chi connectivity index (χ1v) is 32.8. The molecule has 0 atom stereocenters. The van der Waals surface area contributed by atoms with Crippen LogP contribution in [0.15, 0.2) is 194 Å². The Bertz CT molecular complexity index is 4080. The standard InChI is InChI=1S/C84H78N2/c1-51-5-13-55(14-6-51)17-19-57-21-29-69(30-22-57)85(67-25-9-53(3)10-26-67)77-39-37-75-81-71(77)33-35-73(79-63-43-59-41-60(45-63)46-64(79)44-59)83(81)76-38-40-78(72-34-36-74(84(75)82(72)76)80-65-47-61-42-62(49-65)50-66(80)48-61)86(68-27-11-54(4)12-28-68)70-31-23-58(24-32-70)20-18-56-15-7-52(2)8-16-56/h5-40,59-66,79-80H,41-50H2,1-4H3. The van der Waals surface area contributed by atoms with Crippen molar-refractivity contribution in [2.45, 2.75) is 104 Å². The van der Waals surface area contributed by atoms with Crippen molar-refractivity contribution >= 4 is 102 Å². The largest absolute Gasteiger partial charge is 0.310 e. The van der Waals surface area contributed by atoms with E-state index >= 15 is 0 Å². The summed E-state index contributed by atoms with van der Waals surface area (Å²) in [6.07, 6.45) is 23.1. The summed E-state index contributed by atoms with van der Waals surface area (Å²) in [6.45, 7) is 8.73. The molecule has 0 saturated heterocycles. The molecule has 0 aromatic heterocycles. The molecule has 11 aromatic rings. The molecule has 8 bridgehead atoms. The summed E-state index contributed by atoms with van der Waals surface area (Å²) < 4.78 is 0. The SMILES string of the molecule is Cc1ccc(C=Cc2ccc(N(c3ccc(C)cc3)c3ccc4c5c(C6C7CC8CC(C7)CC6C8)ccc6c(N(c7ccc(C)cc7)c7ccc(C=Cc8ccc(C)cc8)cc7)ccc(c7c(C8C9CC%10CC(C9)CC8C%10)ccc3c47)c65)cc2)cc1. The van der Waals surface area contributed by atoms with Gasteiger partial charge in [0.2, 0.25) is 0 Å². The Morgan fingerprint density at radius 3 is 0.814 bits per heavy atom. The van der Waals surface area contributed by atoms with E-state index in [2.05, 4.69) is 256 Å². The number of nitrogens with zero attached hydrogens (tertiary/aromatic N) is 2. The molecule has 0 amide bonds. The first-order chi connectivity index (χ1) is 42.2. The highest BCUT2D eigenvalue weighted by Gasteiger charge is 2.51. The van der Waals surface area contributed by atoms with Crippen LogP contribution >= 0.6 is 0 Å². The summed E-state index contributed by atoms with van der Waals surface area (Å²) >= 11 is 0. The molecule has 2 nitrogen and oxygen atoms in total. The molecule has 2 heteroatoms. The Morgan fingerprint density at radius 1 is 0.256 bits per heavy atom. The monoisotopic (exact) mass is 1110 g/mol. The quantitative estimate of drug-likeness (QED) is 0.0683. The Labute approximate surface area is 509 Å². The van der Waals surface area contributed by atoms with Gasteiger partial charge < -0.3 is 9.80 Å². The molecule has 0 aliphatic heterocycles. The summed E-state index contributed by atoms with van der Waals surface area (Å²) in [5.41, 5.74) is 20.4. The number of hydrogen-bond acceptors (Lipinski definition) is 2. The van der Waals surface area contributed by atoms with Crippen molar-refractivity contribution < 1.29 is 0 Å². The molecule has 0 heterocycles. The lowest BCUT2D eigenvalue weighted by atomic mass is 9.50. The van der Waals surface area contributed by atoms with Gasteiger partial charge >= 0.3 is 0 Å². The van der Waals surface area contributed by atoms with Gasteiger partial charge in [-0.25, -0.2) is 0 Å². The van der Waals surface area contributed by atoms with Crippen molar-refractivity contribution in [2.75, 3.05) is 9.80 Å². The highest BCUT2D eigenvalue weighted by atomic mass is 15.1. The molecule has 8 aliphatic rings. The maximum absolute atomic E-state index is 2.67. The Kier molecular flexibility index (Phi) is 12.6. The molecule has 19 rings (SSSR count). The third kappa shape index (κ3) is 8.94. The molecular formula is C84H78N2. The predicted molar refractivity (Wildman–Crippen MR) is 366 cm³/mol. The van der Waals surface area contributed by atoms with Gasteiger partial charge in [0.05, 0.1) is 11.4 Å². The van der Waals surface area contributed by atoms with Crippen molar-refractivity contribution in [3.63, 3.8) is 0 Å².